The van der Waals surface area contributed by atoms with Gasteiger partial charge in [0, 0.05) is 19.2 Å². The quantitative estimate of drug-likeness (QED) is 0.842. The van der Waals surface area contributed by atoms with Crippen molar-refractivity contribution in [3.05, 3.63) is 28.2 Å². The summed E-state index contributed by atoms with van der Waals surface area (Å²) in [4.78, 5) is 11.6. The molecule has 0 radical (unpaired) electrons. The zero-order valence-corrected chi connectivity index (χ0v) is 11.0. The van der Waals surface area contributed by atoms with Gasteiger partial charge in [-0.1, -0.05) is 23.2 Å². The number of methoxy groups -OCH3 is 2. The summed E-state index contributed by atoms with van der Waals surface area (Å²) in [5, 5.41) is 3.55. The fraction of sp³-hybridized carbons (Fsp3) is 0.364. The van der Waals surface area contributed by atoms with E-state index in [1.165, 1.54) is 14.2 Å². The maximum Gasteiger partial charge on any atom is 0.229 e. The molecule has 1 aromatic carbocycles. The van der Waals surface area contributed by atoms with Crippen molar-refractivity contribution in [3.63, 3.8) is 0 Å². The van der Waals surface area contributed by atoms with E-state index in [1.807, 2.05) is 0 Å². The van der Waals surface area contributed by atoms with E-state index in [0.717, 1.165) is 0 Å². The highest BCUT2D eigenvalue weighted by Gasteiger charge is 2.13. The lowest BCUT2D eigenvalue weighted by atomic mass is 10.3. The molecule has 6 heteroatoms. The molecule has 17 heavy (non-hydrogen) atoms. The maximum atomic E-state index is 11.6. The lowest BCUT2D eigenvalue weighted by molar-refractivity contribution is -0.134. The summed E-state index contributed by atoms with van der Waals surface area (Å²) in [5.74, 6) is -0.247. The molecule has 0 bridgehead atoms. The molecule has 1 rings (SSSR count). The lowest BCUT2D eigenvalue weighted by Gasteiger charge is -2.13. The molecule has 0 heterocycles. The first kappa shape index (κ1) is 14.3. The van der Waals surface area contributed by atoms with Crippen molar-refractivity contribution in [1.29, 1.82) is 0 Å². The van der Waals surface area contributed by atoms with E-state index >= 15 is 0 Å². The van der Waals surface area contributed by atoms with E-state index in [4.69, 9.17) is 32.7 Å². The molecule has 0 saturated heterocycles. The van der Waals surface area contributed by atoms with Crippen LogP contribution in [0.1, 0.15) is 6.42 Å². The van der Waals surface area contributed by atoms with Gasteiger partial charge in [0.2, 0.25) is 5.91 Å². The van der Waals surface area contributed by atoms with Gasteiger partial charge in [0.05, 0.1) is 17.1 Å². The smallest absolute Gasteiger partial charge is 0.229 e. The zero-order valence-electron chi connectivity index (χ0n) is 9.50. The highest BCUT2D eigenvalue weighted by Crippen LogP contribution is 2.25. The molecule has 0 atom stereocenters. The van der Waals surface area contributed by atoms with Gasteiger partial charge in [0.1, 0.15) is 0 Å². The zero-order chi connectivity index (χ0) is 12.8. The number of amides is 1. The molecular weight excluding hydrogens is 265 g/mol. The summed E-state index contributed by atoms with van der Waals surface area (Å²) in [5.41, 5.74) is 0.507. The van der Waals surface area contributed by atoms with Crippen molar-refractivity contribution in [2.75, 3.05) is 19.5 Å². The van der Waals surface area contributed by atoms with Crippen LogP contribution in [0, 0.1) is 0 Å². The van der Waals surface area contributed by atoms with Crippen LogP contribution in [0.5, 0.6) is 0 Å². The second kappa shape index (κ2) is 6.81. The van der Waals surface area contributed by atoms with Crippen molar-refractivity contribution in [3.8, 4) is 0 Å². The minimum absolute atomic E-state index is 0.0892. The van der Waals surface area contributed by atoms with Crippen LogP contribution >= 0.6 is 23.2 Å². The van der Waals surface area contributed by atoms with Crippen LogP contribution in [-0.4, -0.2) is 26.4 Å². The molecule has 94 valence electrons. The molecular formula is C11H13Cl2NO3. The number of nitrogens with one attached hydrogen (secondary N) is 1. The molecule has 4 nitrogen and oxygen atoms in total. The Morgan fingerprint density at radius 2 is 2.00 bits per heavy atom. The first-order valence-corrected chi connectivity index (χ1v) is 5.63. The molecule has 0 saturated carbocycles. The first-order chi connectivity index (χ1) is 8.06. The van der Waals surface area contributed by atoms with E-state index in [1.54, 1.807) is 18.2 Å². The fourth-order valence-corrected chi connectivity index (χ4v) is 1.66. The standard InChI is InChI=1S/C11H13Cl2NO3/c1-16-11(17-2)6-10(15)14-9-4-3-7(12)5-8(9)13/h3-5,11H,6H2,1-2H3,(H,14,15). The number of rotatable bonds is 5. The number of ether oxygens (including phenoxy) is 2. The van der Waals surface area contributed by atoms with Crippen LogP contribution in [-0.2, 0) is 14.3 Å². The van der Waals surface area contributed by atoms with Crippen molar-refractivity contribution in [2.24, 2.45) is 0 Å². The van der Waals surface area contributed by atoms with Gasteiger partial charge < -0.3 is 14.8 Å². The Labute approximate surface area is 110 Å². The molecule has 0 fully saturated rings. The summed E-state index contributed by atoms with van der Waals surface area (Å²) in [6, 6.07) is 4.84. The Morgan fingerprint density at radius 1 is 1.35 bits per heavy atom. The van der Waals surface area contributed by atoms with Crippen molar-refractivity contribution in [2.45, 2.75) is 12.7 Å². The van der Waals surface area contributed by atoms with Crippen molar-refractivity contribution < 1.29 is 14.3 Å². The number of carbonyl (C=O) groups excluding carboxylic acids is 1. The van der Waals surface area contributed by atoms with E-state index < -0.39 is 6.29 Å². The number of benzene rings is 1. The van der Waals surface area contributed by atoms with Gasteiger partial charge in [0.25, 0.3) is 0 Å². The van der Waals surface area contributed by atoms with Crippen LogP contribution in [0.4, 0.5) is 5.69 Å². The summed E-state index contributed by atoms with van der Waals surface area (Å²) >= 11 is 11.7. The van der Waals surface area contributed by atoms with E-state index in [9.17, 15) is 4.79 Å². The number of hydrogen-bond acceptors (Lipinski definition) is 3. The molecule has 0 spiro atoms. The summed E-state index contributed by atoms with van der Waals surface area (Å²) in [6.45, 7) is 0. The Hall–Kier alpha value is -0.810. The Morgan fingerprint density at radius 3 is 2.53 bits per heavy atom. The third-order valence-corrected chi connectivity index (χ3v) is 2.63. The molecule has 0 aliphatic heterocycles. The van der Waals surface area contributed by atoms with E-state index in [0.29, 0.717) is 15.7 Å². The monoisotopic (exact) mass is 277 g/mol. The largest absolute Gasteiger partial charge is 0.355 e. The SMILES string of the molecule is COC(CC(=O)Nc1ccc(Cl)cc1Cl)OC. The van der Waals surface area contributed by atoms with Crippen LogP contribution < -0.4 is 5.32 Å². The highest BCUT2D eigenvalue weighted by molar-refractivity contribution is 6.36. The van der Waals surface area contributed by atoms with E-state index in [2.05, 4.69) is 5.32 Å². The number of halogens is 2. The van der Waals surface area contributed by atoms with Crippen molar-refractivity contribution >= 4 is 34.8 Å². The number of anilines is 1. The van der Waals surface area contributed by atoms with Crippen LogP contribution in [0.15, 0.2) is 18.2 Å². The average molecular weight is 278 g/mol. The summed E-state index contributed by atoms with van der Waals surface area (Å²) < 4.78 is 9.84. The first-order valence-electron chi connectivity index (χ1n) is 4.87. The fourth-order valence-electron chi connectivity index (χ4n) is 1.21. The van der Waals surface area contributed by atoms with Gasteiger partial charge in [0.15, 0.2) is 6.29 Å². The Bertz CT molecular complexity index is 394. The van der Waals surface area contributed by atoms with Crippen molar-refractivity contribution in [1.82, 2.24) is 0 Å². The normalized spacial score (nSPS) is 10.6. The third-order valence-electron chi connectivity index (χ3n) is 2.08. The molecule has 0 aliphatic rings. The molecule has 1 N–H and O–H groups in total. The summed E-state index contributed by atoms with van der Waals surface area (Å²) in [7, 11) is 2.94. The second-order valence-electron chi connectivity index (χ2n) is 3.28. The minimum atomic E-state index is -0.568. The molecule has 1 aromatic rings. The highest BCUT2D eigenvalue weighted by atomic mass is 35.5. The summed E-state index contributed by atoms with van der Waals surface area (Å²) in [6.07, 6.45) is -0.479. The third kappa shape index (κ3) is 4.52. The van der Waals surface area contributed by atoms with Crippen LogP contribution in [0.25, 0.3) is 0 Å². The Kier molecular flexibility index (Phi) is 5.71. The van der Waals surface area contributed by atoms with Gasteiger partial charge in [-0.25, -0.2) is 0 Å². The van der Waals surface area contributed by atoms with Gasteiger partial charge >= 0.3 is 0 Å². The van der Waals surface area contributed by atoms with Gasteiger partial charge in [-0.3, -0.25) is 4.79 Å². The second-order valence-corrected chi connectivity index (χ2v) is 4.12. The molecule has 1 amide bonds. The van der Waals surface area contributed by atoms with Gasteiger partial charge in [-0.2, -0.15) is 0 Å². The van der Waals surface area contributed by atoms with Crippen LogP contribution in [0.2, 0.25) is 10.0 Å². The Balaban J connectivity index is 2.62. The molecule has 0 unspecified atom stereocenters. The number of carbonyl (C=O) groups is 1. The average Bonchev–Trinajstić information content (AvgIpc) is 2.29. The predicted molar refractivity (Wildman–Crippen MR) is 67.5 cm³/mol. The van der Waals surface area contributed by atoms with E-state index in [-0.39, 0.29) is 12.3 Å². The molecule has 0 aliphatic carbocycles. The van der Waals surface area contributed by atoms with Crippen LogP contribution in [0.3, 0.4) is 0 Å². The van der Waals surface area contributed by atoms with Gasteiger partial charge in [-0.15, -0.1) is 0 Å². The lowest BCUT2D eigenvalue weighted by Crippen LogP contribution is -2.22. The van der Waals surface area contributed by atoms with Gasteiger partial charge in [-0.05, 0) is 18.2 Å². The maximum absolute atomic E-state index is 11.6. The molecule has 0 aromatic heterocycles. The number of hydrogen-bond donors (Lipinski definition) is 1. The minimum Gasteiger partial charge on any atom is -0.355 e. The topological polar surface area (TPSA) is 47.6 Å². The predicted octanol–water partition coefficient (Wildman–Crippen LogP) is 2.94.